The zero-order valence-electron chi connectivity index (χ0n) is 12.6. The second-order valence-corrected chi connectivity index (χ2v) is 5.70. The molecular weight excluding hydrogens is 270 g/mol. The first kappa shape index (κ1) is 15.3. The topological polar surface area (TPSA) is 73.7 Å². The monoisotopic (exact) mass is 291 g/mol. The average molecular weight is 291 g/mol. The zero-order chi connectivity index (χ0) is 15.6. The van der Waals surface area contributed by atoms with Crippen LogP contribution in [0.15, 0.2) is 18.2 Å². The van der Waals surface area contributed by atoms with Gasteiger partial charge in [0.25, 0.3) is 0 Å². The Morgan fingerprint density at radius 2 is 2.14 bits per heavy atom. The molecular formula is C15H21N3O3. The first-order chi connectivity index (χ1) is 9.88. The number of aromatic nitrogens is 1. The number of hydrogen-bond donors (Lipinski definition) is 1. The fraction of sp³-hybridized carbons (Fsp3) is 0.533. The van der Waals surface area contributed by atoms with Gasteiger partial charge in [-0.25, -0.2) is 4.79 Å². The molecule has 2 amide bonds. The highest BCUT2D eigenvalue weighted by atomic mass is 16.4. The maximum atomic E-state index is 12.2. The molecule has 1 unspecified atom stereocenters. The van der Waals surface area contributed by atoms with Crippen molar-refractivity contribution in [1.82, 2.24) is 14.8 Å². The predicted molar refractivity (Wildman–Crippen MR) is 77.7 cm³/mol. The number of aliphatic carboxylic acids is 1. The van der Waals surface area contributed by atoms with Crippen molar-refractivity contribution in [2.24, 2.45) is 11.8 Å². The Bertz CT molecular complexity index is 541. The highest BCUT2D eigenvalue weighted by Crippen LogP contribution is 2.25. The molecule has 0 spiro atoms. The molecule has 6 heteroatoms. The number of carboxylic acid groups (broad SMARTS) is 1. The van der Waals surface area contributed by atoms with E-state index in [2.05, 4.69) is 4.98 Å². The van der Waals surface area contributed by atoms with E-state index in [1.807, 2.05) is 25.1 Å². The van der Waals surface area contributed by atoms with Crippen LogP contribution >= 0.6 is 0 Å². The van der Waals surface area contributed by atoms with Gasteiger partial charge in [0.15, 0.2) is 0 Å². The van der Waals surface area contributed by atoms with Crippen LogP contribution in [0.3, 0.4) is 0 Å². The molecule has 1 N–H and O–H groups in total. The minimum absolute atomic E-state index is 0.0527. The summed E-state index contributed by atoms with van der Waals surface area (Å²) >= 11 is 0. The fourth-order valence-corrected chi connectivity index (χ4v) is 2.43. The lowest BCUT2D eigenvalue weighted by atomic mass is 9.87. The molecule has 0 radical (unpaired) electrons. The first-order valence-corrected chi connectivity index (χ1v) is 7.04. The van der Waals surface area contributed by atoms with Crippen LogP contribution in [-0.4, -0.2) is 52.0 Å². The van der Waals surface area contributed by atoms with Crippen LogP contribution in [0.5, 0.6) is 0 Å². The molecule has 1 aromatic heterocycles. The average Bonchev–Trinajstić information content (AvgIpc) is 2.36. The largest absolute Gasteiger partial charge is 0.481 e. The summed E-state index contributed by atoms with van der Waals surface area (Å²) < 4.78 is 0. The smallest absolute Gasteiger partial charge is 0.320 e. The standard InChI is InChI=1S/C15H21N3O3/c1-10-5-4-6-13(16-10)9-17(3)15(21)18-7-12(8-18)11(2)14(19)20/h4-6,11-12H,7-9H2,1-3H3,(H,19,20). The van der Waals surface area contributed by atoms with Crippen LogP contribution < -0.4 is 0 Å². The molecule has 0 aliphatic carbocycles. The molecule has 0 saturated carbocycles. The molecule has 2 rings (SSSR count). The number of carbonyl (C=O) groups excluding carboxylic acids is 1. The minimum Gasteiger partial charge on any atom is -0.481 e. The number of pyridine rings is 1. The van der Waals surface area contributed by atoms with Gasteiger partial charge in [0.05, 0.1) is 18.2 Å². The van der Waals surface area contributed by atoms with Crippen molar-refractivity contribution >= 4 is 12.0 Å². The number of carboxylic acids is 1. The third kappa shape index (κ3) is 3.51. The lowest BCUT2D eigenvalue weighted by molar-refractivity contribution is -0.144. The Hall–Kier alpha value is -2.11. The van der Waals surface area contributed by atoms with Gasteiger partial charge >= 0.3 is 12.0 Å². The normalized spacial score (nSPS) is 16.2. The van der Waals surface area contributed by atoms with E-state index in [0.29, 0.717) is 19.6 Å². The second-order valence-electron chi connectivity index (χ2n) is 5.70. The number of aryl methyl sites for hydroxylation is 1. The maximum absolute atomic E-state index is 12.2. The summed E-state index contributed by atoms with van der Waals surface area (Å²) in [4.78, 5) is 30.8. The Kier molecular flexibility index (Phi) is 4.45. The van der Waals surface area contributed by atoms with Crippen LogP contribution in [0, 0.1) is 18.8 Å². The van der Waals surface area contributed by atoms with Crippen molar-refractivity contribution in [3.05, 3.63) is 29.6 Å². The Labute approximate surface area is 124 Å². The third-order valence-corrected chi connectivity index (χ3v) is 3.95. The van der Waals surface area contributed by atoms with E-state index < -0.39 is 11.9 Å². The molecule has 2 heterocycles. The van der Waals surface area contributed by atoms with Gasteiger partial charge in [-0.05, 0) is 19.1 Å². The molecule has 1 saturated heterocycles. The number of likely N-dealkylation sites (tertiary alicyclic amines) is 1. The Balaban J connectivity index is 1.86. The molecule has 1 fully saturated rings. The summed E-state index contributed by atoms with van der Waals surface area (Å²) in [6.07, 6.45) is 0. The van der Waals surface area contributed by atoms with Gasteiger partial charge in [0.1, 0.15) is 0 Å². The summed E-state index contributed by atoms with van der Waals surface area (Å²) in [6.45, 7) is 5.08. The molecule has 1 aliphatic rings. The molecule has 1 atom stereocenters. The summed E-state index contributed by atoms with van der Waals surface area (Å²) in [5.74, 6) is -1.15. The van der Waals surface area contributed by atoms with Gasteiger partial charge in [-0.3, -0.25) is 9.78 Å². The lowest BCUT2D eigenvalue weighted by Crippen LogP contribution is -2.56. The van der Waals surface area contributed by atoms with Crippen LogP contribution in [0.4, 0.5) is 4.79 Å². The molecule has 21 heavy (non-hydrogen) atoms. The van der Waals surface area contributed by atoms with E-state index in [1.54, 1.807) is 23.8 Å². The summed E-state index contributed by atoms with van der Waals surface area (Å²) in [7, 11) is 1.74. The second kappa shape index (κ2) is 6.11. The van der Waals surface area contributed by atoms with Crippen molar-refractivity contribution in [2.75, 3.05) is 20.1 Å². The number of urea groups is 1. The van der Waals surface area contributed by atoms with Crippen LogP contribution in [0.2, 0.25) is 0 Å². The lowest BCUT2D eigenvalue weighted by Gasteiger charge is -2.42. The third-order valence-electron chi connectivity index (χ3n) is 3.95. The van der Waals surface area contributed by atoms with Crippen LogP contribution in [0.25, 0.3) is 0 Å². The maximum Gasteiger partial charge on any atom is 0.320 e. The summed E-state index contributed by atoms with van der Waals surface area (Å²) in [5.41, 5.74) is 1.77. The zero-order valence-corrected chi connectivity index (χ0v) is 12.6. The number of amides is 2. The van der Waals surface area contributed by atoms with Crippen molar-refractivity contribution < 1.29 is 14.7 Å². The van der Waals surface area contributed by atoms with Crippen molar-refractivity contribution in [2.45, 2.75) is 20.4 Å². The first-order valence-electron chi connectivity index (χ1n) is 7.04. The van der Waals surface area contributed by atoms with Crippen molar-refractivity contribution in [3.63, 3.8) is 0 Å². The van der Waals surface area contributed by atoms with Gasteiger partial charge in [0.2, 0.25) is 0 Å². The Morgan fingerprint density at radius 3 is 2.71 bits per heavy atom. The van der Waals surface area contributed by atoms with Crippen molar-refractivity contribution in [1.29, 1.82) is 0 Å². The van der Waals surface area contributed by atoms with E-state index in [9.17, 15) is 9.59 Å². The number of carbonyl (C=O) groups is 2. The summed E-state index contributed by atoms with van der Waals surface area (Å²) in [6, 6.07) is 5.65. The van der Waals surface area contributed by atoms with Gasteiger partial charge in [0, 0.05) is 31.7 Å². The summed E-state index contributed by atoms with van der Waals surface area (Å²) in [5, 5.41) is 8.95. The fourth-order valence-electron chi connectivity index (χ4n) is 2.43. The van der Waals surface area contributed by atoms with Gasteiger partial charge in [-0.15, -0.1) is 0 Å². The van der Waals surface area contributed by atoms with Crippen LogP contribution in [0.1, 0.15) is 18.3 Å². The number of nitrogens with zero attached hydrogens (tertiary/aromatic N) is 3. The van der Waals surface area contributed by atoms with Gasteiger partial charge in [-0.1, -0.05) is 13.0 Å². The molecule has 6 nitrogen and oxygen atoms in total. The minimum atomic E-state index is -0.801. The number of rotatable bonds is 4. The quantitative estimate of drug-likeness (QED) is 0.914. The predicted octanol–water partition coefficient (Wildman–Crippen LogP) is 1.59. The Morgan fingerprint density at radius 1 is 1.48 bits per heavy atom. The molecule has 114 valence electrons. The van der Waals surface area contributed by atoms with Crippen LogP contribution in [-0.2, 0) is 11.3 Å². The van der Waals surface area contributed by atoms with E-state index in [1.165, 1.54) is 0 Å². The van der Waals surface area contributed by atoms with E-state index in [-0.39, 0.29) is 11.9 Å². The van der Waals surface area contributed by atoms with E-state index in [4.69, 9.17) is 5.11 Å². The highest BCUT2D eigenvalue weighted by molar-refractivity contribution is 5.76. The van der Waals surface area contributed by atoms with E-state index >= 15 is 0 Å². The highest BCUT2D eigenvalue weighted by Gasteiger charge is 2.38. The molecule has 1 aromatic rings. The molecule has 0 bridgehead atoms. The van der Waals surface area contributed by atoms with Crippen molar-refractivity contribution in [3.8, 4) is 0 Å². The van der Waals surface area contributed by atoms with Gasteiger partial charge < -0.3 is 14.9 Å². The number of hydrogen-bond acceptors (Lipinski definition) is 3. The molecule has 1 aliphatic heterocycles. The van der Waals surface area contributed by atoms with E-state index in [0.717, 1.165) is 11.4 Å². The van der Waals surface area contributed by atoms with Gasteiger partial charge in [-0.2, -0.15) is 0 Å². The SMILES string of the molecule is Cc1cccc(CN(C)C(=O)N2CC(C(C)C(=O)O)C2)n1. The molecule has 0 aromatic carbocycles.